The number of phenols is 1. The minimum absolute atomic E-state index is 0.237. The molecule has 1 aromatic carbocycles. The third kappa shape index (κ3) is 3.20. The Labute approximate surface area is 90.2 Å². The van der Waals surface area contributed by atoms with Crippen molar-refractivity contribution in [2.75, 3.05) is 6.54 Å². The molecule has 1 rings (SSSR count). The van der Waals surface area contributed by atoms with Gasteiger partial charge in [0.1, 0.15) is 5.75 Å². The highest BCUT2D eigenvalue weighted by molar-refractivity contribution is 5.68. The van der Waals surface area contributed by atoms with Crippen molar-refractivity contribution in [3.8, 4) is 5.75 Å². The van der Waals surface area contributed by atoms with Crippen LogP contribution in [0.3, 0.4) is 0 Å². The highest BCUT2D eigenvalue weighted by Gasteiger charge is 2.03. The van der Waals surface area contributed by atoms with E-state index in [0.717, 1.165) is 12.0 Å². The predicted molar refractivity (Wildman–Crippen MR) is 61.8 cm³/mol. The van der Waals surface area contributed by atoms with Crippen LogP contribution in [-0.2, 0) is 0 Å². The Morgan fingerprint density at radius 3 is 2.73 bits per heavy atom. The van der Waals surface area contributed by atoms with Crippen LogP contribution in [0, 0.1) is 0 Å². The van der Waals surface area contributed by atoms with E-state index in [1.807, 2.05) is 32.1 Å². The van der Waals surface area contributed by atoms with Gasteiger partial charge in [0, 0.05) is 5.56 Å². The molecule has 80 valence electrons. The van der Waals surface area contributed by atoms with E-state index in [1.54, 1.807) is 12.1 Å². The maximum absolute atomic E-state index is 9.63. The summed E-state index contributed by atoms with van der Waals surface area (Å²) in [5.41, 5.74) is 1.43. The average Bonchev–Trinajstić information content (AvgIpc) is 2.26. The van der Waals surface area contributed by atoms with E-state index >= 15 is 0 Å². The third-order valence-corrected chi connectivity index (χ3v) is 1.96. The second-order valence-corrected chi connectivity index (χ2v) is 3.16. The van der Waals surface area contributed by atoms with Crippen molar-refractivity contribution in [2.24, 2.45) is 10.2 Å². The van der Waals surface area contributed by atoms with Crippen LogP contribution in [0.5, 0.6) is 5.75 Å². The molecule has 15 heavy (non-hydrogen) atoms. The van der Waals surface area contributed by atoms with Gasteiger partial charge in [-0.1, -0.05) is 25.1 Å². The molecule has 0 amide bonds. The summed E-state index contributed by atoms with van der Waals surface area (Å²) < 4.78 is 0. The van der Waals surface area contributed by atoms with Crippen LogP contribution in [0.15, 0.2) is 40.6 Å². The van der Waals surface area contributed by atoms with Gasteiger partial charge < -0.3 is 5.11 Å². The number of allylic oxidation sites excluding steroid dienone is 1. The summed E-state index contributed by atoms with van der Waals surface area (Å²) in [5, 5.41) is 17.7. The molecular weight excluding hydrogens is 188 g/mol. The Morgan fingerprint density at radius 2 is 2.13 bits per heavy atom. The van der Waals surface area contributed by atoms with Gasteiger partial charge in [0.15, 0.2) is 0 Å². The number of hydrogen-bond donors (Lipinski definition) is 1. The smallest absolute Gasteiger partial charge is 0.125 e. The second-order valence-electron chi connectivity index (χ2n) is 3.16. The zero-order valence-corrected chi connectivity index (χ0v) is 9.14. The van der Waals surface area contributed by atoms with Crippen LogP contribution < -0.4 is 0 Å². The summed E-state index contributed by atoms with van der Waals surface area (Å²) in [7, 11) is 0. The topological polar surface area (TPSA) is 45.0 Å². The first-order chi connectivity index (χ1) is 7.29. The lowest BCUT2D eigenvalue weighted by Crippen LogP contribution is -1.82. The molecule has 0 aliphatic rings. The van der Waals surface area contributed by atoms with Crippen molar-refractivity contribution in [3.05, 3.63) is 35.9 Å². The number of benzene rings is 1. The van der Waals surface area contributed by atoms with E-state index in [1.165, 1.54) is 0 Å². The normalized spacial score (nSPS) is 12.3. The fraction of sp³-hybridized carbons (Fsp3) is 0.333. The summed E-state index contributed by atoms with van der Waals surface area (Å²) in [6, 6.07) is 7.13. The molecule has 0 heterocycles. The van der Waals surface area contributed by atoms with Gasteiger partial charge in [0.05, 0.1) is 12.2 Å². The molecule has 0 unspecified atom stereocenters. The molecular formula is C12H16N2O. The first-order valence-corrected chi connectivity index (χ1v) is 5.11. The van der Waals surface area contributed by atoms with E-state index < -0.39 is 0 Å². The molecule has 0 aliphatic heterocycles. The molecule has 0 aliphatic carbocycles. The summed E-state index contributed by atoms with van der Waals surface area (Å²) in [5.74, 6) is 0.237. The van der Waals surface area contributed by atoms with E-state index in [9.17, 15) is 5.11 Å². The minimum Gasteiger partial charge on any atom is -0.507 e. The monoisotopic (exact) mass is 204 g/mol. The van der Waals surface area contributed by atoms with Gasteiger partial charge in [-0.25, -0.2) is 0 Å². The van der Waals surface area contributed by atoms with Gasteiger partial charge in [-0.05, 0) is 25.5 Å². The van der Waals surface area contributed by atoms with Gasteiger partial charge in [-0.15, -0.1) is 0 Å². The molecule has 0 atom stereocenters. The van der Waals surface area contributed by atoms with Gasteiger partial charge in [-0.2, -0.15) is 10.2 Å². The van der Waals surface area contributed by atoms with Crippen LogP contribution >= 0.6 is 0 Å². The molecule has 1 aromatic rings. The third-order valence-electron chi connectivity index (χ3n) is 1.96. The summed E-state index contributed by atoms with van der Waals surface area (Å²) in [6.45, 7) is 4.64. The predicted octanol–water partition coefficient (Wildman–Crippen LogP) is 3.62. The Morgan fingerprint density at radius 1 is 1.40 bits per heavy atom. The molecule has 0 saturated carbocycles. The van der Waals surface area contributed by atoms with Crippen LogP contribution in [-0.4, -0.2) is 11.7 Å². The molecule has 0 radical (unpaired) electrons. The van der Waals surface area contributed by atoms with Crippen LogP contribution in [0.25, 0.3) is 5.70 Å². The van der Waals surface area contributed by atoms with Crippen molar-refractivity contribution in [3.63, 3.8) is 0 Å². The number of azo groups is 1. The van der Waals surface area contributed by atoms with Crippen LogP contribution in [0.4, 0.5) is 0 Å². The number of nitrogens with zero attached hydrogens (tertiary/aromatic N) is 2. The molecule has 0 saturated heterocycles. The first kappa shape index (κ1) is 11.4. The summed E-state index contributed by atoms with van der Waals surface area (Å²) in [4.78, 5) is 0. The van der Waals surface area contributed by atoms with Crippen LogP contribution in [0.1, 0.15) is 25.8 Å². The highest BCUT2D eigenvalue weighted by Crippen LogP contribution is 2.25. The Balaban J connectivity index is 2.89. The van der Waals surface area contributed by atoms with Gasteiger partial charge in [0.2, 0.25) is 0 Å². The molecule has 3 heteroatoms. The first-order valence-electron chi connectivity index (χ1n) is 5.11. The van der Waals surface area contributed by atoms with Crippen molar-refractivity contribution in [1.82, 2.24) is 0 Å². The fourth-order valence-corrected chi connectivity index (χ4v) is 1.18. The number of hydrogen-bond acceptors (Lipinski definition) is 3. The largest absolute Gasteiger partial charge is 0.507 e. The number of rotatable bonds is 4. The Bertz CT molecular complexity index is 370. The van der Waals surface area contributed by atoms with Crippen molar-refractivity contribution in [2.45, 2.75) is 20.3 Å². The molecule has 0 bridgehead atoms. The Hall–Kier alpha value is -1.64. The lowest BCUT2D eigenvalue weighted by atomic mass is 10.1. The summed E-state index contributed by atoms with van der Waals surface area (Å²) >= 11 is 0. The molecule has 0 fully saturated rings. The van der Waals surface area contributed by atoms with E-state index in [0.29, 0.717) is 12.2 Å². The number of phenolic OH excluding ortho intramolecular Hbond substituents is 1. The quantitative estimate of drug-likeness (QED) is 0.748. The lowest BCUT2D eigenvalue weighted by Gasteiger charge is -2.02. The zero-order valence-electron chi connectivity index (χ0n) is 9.14. The number of aromatic hydroxyl groups is 1. The minimum atomic E-state index is 0.237. The van der Waals surface area contributed by atoms with E-state index in [-0.39, 0.29) is 5.75 Å². The highest BCUT2D eigenvalue weighted by atomic mass is 16.3. The van der Waals surface area contributed by atoms with Crippen molar-refractivity contribution >= 4 is 5.70 Å². The average molecular weight is 204 g/mol. The SMILES string of the molecule is C/C=C(\N=NCCC)c1ccccc1O. The van der Waals surface area contributed by atoms with E-state index in [2.05, 4.69) is 10.2 Å². The molecule has 0 aromatic heterocycles. The maximum Gasteiger partial charge on any atom is 0.125 e. The molecule has 1 N–H and O–H groups in total. The Kier molecular flexibility index (Phi) is 4.54. The maximum atomic E-state index is 9.63. The van der Waals surface area contributed by atoms with Gasteiger partial charge >= 0.3 is 0 Å². The fourth-order valence-electron chi connectivity index (χ4n) is 1.18. The van der Waals surface area contributed by atoms with E-state index in [4.69, 9.17) is 0 Å². The van der Waals surface area contributed by atoms with Crippen molar-refractivity contribution < 1.29 is 5.11 Å². The van der Waals surface area contributed by atoms with Gasteiger partial charge in [0.25, 0.3) is 0 Å². The summed E-state index contributed by atoms with van der Waals surface area (Å²) in [6.07, 6.45) is 2.81. The van der Waals surface area contributed by atoms with Crippen LogP contribution in [0.2, 0.25) is 0 Å². The second kappa shape index (κ2) is 5.96. The standard InChI is InChI=1S/C12H16N2O/c1-3-9-13-14-11(4-2)10-7-5-6-8-12(10)15/h4-8,15H,3,9H2,1-2H3/b11-4-,14-13?. The molecule has 0 spiro atoms. The van der Waals surface area contributed by atoms with Gasteiger partial charge in [-0.3, -0.25) is 0 Å². The molecule has 3 nitrogen and oxygen atoms in total. The lowest BCUT2D eigenvalue weighted by molar-refractivity contribution is 0.473. The number of para-hydroxylation sites is 1. The van der Waals surface area contributed by atoms with Crippen molar-refractivity contribution in [1.29, 1.82) is 0 Å². The zero-order chi connectivity index (χ0) is 11.1.